The lowest BCUT2D eigenvalue weighted by Gasteiger charge is -2.10. The maximum atomic E-state index is 12.2. The first-order valence-corrected chi connectivity index (χ1v) is 7.99. The van der Waals surface area contributed by atoms with Gasteiger partial charge in [0.15, 0.2) is 5.65 Å². The van der Waals surface area contributed by atoms with Crippen molar-refractivity contribution in [2.45, 2.75) is 20.0 Å². The number of hydrogen-bond donors (Lipinski definition) is 3. The molecule has 1 aromatic carbocycles. The Balaban J connectivity index is 1.90. The minimum absolute atomic E-state index is 0.00284. The van der Waals surface area contributed by atoms with Crippen molar-refractivity contribution in [3.63, 3.8) is 0 Å². The molecule has 0 unspecified atom stereocenters. The van der Waals surface area contributed by atoms with Gasteiger partial charge >= 0.3 is 0 Å². The van der Waals surface area contributed by atoms with Crippen molar-refractivity contribution < 1.29 is 15.0 Å². The number of nitrogens with one attached hydrogen (secondary N) is 1. The highest BCUT2D eigenvalue weighted by Gasteiger charge is 2.11. The maximum absolute atomic E-state index is 12.2. The van der Waals surface area contributed by atoms with E-state index in [4.69, 9.17) is 5.11 Å². The fourth-order valence-corrected chi connectivity index (χ4v) is 2.63. The number of pyridine rings is 1. The van der Waals surface area contributed by atoms with E-state index in [2.05, 4.69) is 15.4 Å². The maximum Gasteiger partial charge on any atom is 0.251 e. The lowest BCUT2D eigenvalue weighted by atomic mass is 10.0. The molecular formula is C18H20N4O3. The molecule has 0 aliphatic carbocycles. The molecule has 130 valence electrons. The van der Waals surface area contributed by atoms with Crippen molar-refractivity contribution in [2.24, 2.45) is 0 Å². The van der Waals surface area contributed by atoms with Crippen LogP contribution in [0.1, 0.15) is 21.7 Å². The van der Waals surface area contributed by atoms with Crippen molar-refractivity contribution in [3.8, 4) is 11.1 Å². The molecule has 0 radical (unpaired) electrons. The highest BCUT2D eigenvalue weighted by molar-refractivity contribution is 5.95. The lowest BCUT2D eigenvalue weighted by Crippen LogP contribution is -2.33. The number of hydrogen-bond acceptors (Lipinski definition) is 5. The smallest absolute Gasteiger partial charge is 0.251 e. The average molecular weight is 340 g/mol. The molecule has 2 heterocycles. The zero-order valence-electron chi connectivity index (χ0n) is 14.1. The summed E-state index contributed by atoms with van der Waals surface area (Å²) in [4.78, 5) is 16.6. The van der Waals surface area contributed by atoms with Gasteiger partial charge in [0, 0.05) is 23.9 Å². The van der Waals surface area contributed by atoms with Crippen LogP contribution < -0.4 is 5.32 Å². The molecule has 1 amide bonds. The Morgan fingerprint density at radius 3 is 2.84 bits per heavy atom. The Labute approximate surface area is 145 Å². The molecule has 0 saturated carbocycles. The summed E-state index contributed by atoms with van der Waals surface area (Å²) in [5.41, 5.74) is 4.11. The molecule has 2 aromatic heterocycles. The normalized spacial score (nSPS) is 12.3. The number of rotatable bonds is 5. The second-order valence-corrected chi connectivity index (χ2v) is 5.97. The topological polar surface area (TPSA) is 99.8 Å². The number of benzene rings is 1. The quantitative estimate of drug-likeness (QED) is 0.646. The predicted molar refractivity (Wildman–Crippen MR) is 93.3 cm³/mol. The van der Waals surface area contributed by atoms with Gasteiger partial charge in [0.05, 0.1) is 12.7 Å². The molecule has 3 N–H and O–H groups in total. The third-order valence-electron chi connectivity index (χ3n) is 3.89. The molecule has 7 nitrogen and oxygen atoms in total. The summed E-state index contributed by atoms with van der Waals surface area (Å²) in [6.45, 7) is 3.43. The summed E-state index contributed by atoms with van der Waals surface area (Å²) in [6, 6.07) is 9.22. The zero-order valence-corrected chi connectivity index (χ0v) is 14.1. The number of aliphatic hydroxyl groups excluding tert-OH is 2. The van der Waals surface area contributed by atoms with E-state index in [1.165, 1.54) is 0 Å². The largest absolute Gasteiger partial charge is 0.394 e. The third kappa shape index (κ3) is 3.67. The summed E-state index contributed by atoms with van der Waals surface area (Å²) >= 11 is 0. The summed E-state index contributed by atoms with van der Waals surface area (Å²) in [7, 11) is 0. The van der Waals surface area contributed by atoms with Crippen LogP contribution in [0.25, 0.3) is 16.8 Å². The van der Waals surface area contributed by atoms with Crippen molar-refractivity contribution in [3.05, 3.63) is 53.5 Å². The number of aryl methyl sites for hydroxylation is 2. The Kier molecular flexibility index (Phi) is 4.78. The molecule has 0 spiro atoms. The average Bonchev–Trinajstić information content (AvgIpc) is 3.00. The Morgan fingerprint density at radius 1 is 1.28 bits per heavy atom. The molecule has 3 rings (SSSR count). The van der Waals surface area contributed by atoms with Crippen LogP contribution in [-0.4, -0.2) is 50.0 Å². The Bertz CT molecular complexity index is 920. The van der Waals surface area contributed by atoms with Crippen LogP contribution in [0.5, 0.6) is 0 Å². The van der Waals surface area contributed by atoms with E-state index >= 15 is 0 Å². The van der Waals surface area contributed by atoms with Crippen LogP contribution in [-0.2, 0) is 0 Å². The second-order valence-electron chi connectivity index (χ2n) is 5.97. The predicted octanol–water partition coefficient (Wildman–Crippen LogP) is 1.10. The Hall–Kier alpha value is -2.77. The number of aliphatic hydroxyl groups is 2. The number of amides is 1. The number of carbonyl (C=O) groups excluding carboxylic acids is 1. The molecule has 25 heavy (non-hydrogen) atoms. The standard InChI is InChI=1S/C18H20N4O3/c1-11-6-15(9-22-17(11)20-12(2)21-22)13-4-3-5-14(7-13)18(25)19-8-16(24)10-23/h3-7,9,16,23-24H,8,10H2,1-2H3,(H,19,25)/t16-/m0/s1. The van der Waals surface area contributed by atoms with Crippen LogP contribution in [0.15, 0.2) is 36.5 Å². The van der Waals surface area contributed by atoms with Gasteiger partial charge in [-0.15, -0.1) is 0 Å². The number of aromatic nitrogens is 3. The van der Waals surface area contributed by atoms with Gasteiger partial charge in [-0.2, -0.15) is 5.10 Å². The molecule has 0 aliphatic rings. The summed E-state index contributed by atoms with van der Waals surface area (Å²) in [5.74, 6) is 0.402. The zero-order chi connectivity index (χ0) is 18.0. The first kappa shape index (κ1) is 17.1. The summed E-state index contributed by atoms with van der Waals surface area (Å²) in [5, 5.41) is 25.1. The van der Waals surface area contributed by atoms with Crippen LogP contribution in [0.2, 0.25) is 0 Å². The van der Waals surface area contributed by atoms with Gasteiger partial charge in [0.2, 0.25) is 0 Å². The molecule has 0 saturated heterocycles. The van der Waals surface area contributed by atoms with Crippen molar-refractivity contribution in [2.75, 3.05) is 13.2 Å². The molecule has 7 heteroatoms. The number of carbonyl (C=O) groups is 1. The summed E-state index contributed by atoms with van der Waals surface area (Å²) < 4.78 is 1.74. The SMILES string of the molecule is Cc1nc2c(C)cc(-c3cccc(C(=O)NC[C@H](O)CO)c3)cn2n1. The number of nitrogens with zero attached hydrogens (tertiary/aromatic N) is 3. The van der Waals surface area contributed by atoms with Crippen molar-refractivity contribution >= 4 is 11.6 Å². The highest BCUT2D eigenvalue weighted by atomic mass is 16.3. The van der Waals surface area contributed by atoms with Gasteiger partial charge in [-0.05, 0) is 43.2 Å². The van der Waals surface area contributed by atoms with E-state index in [-0.39, 0.29) is 12.5 Å². The van der Waals surface area contributed by atoms with E-state index in [1.807, 2.05) is 32.2 Å². The van der Waals surface area contributed by atoms with Gasteiger partial charge in [-0.25, -0.2) is 9.50 Å². The minimum atomic E-state index is -0.965. The first-order valence-electron chi connectivity index (χ1n) is 7.99. The van der Waals surface area contributed by atoms with E-state index < -0.39 is 12.7 Å². The fraction of sp³-hybridized carbons (Fsp3) is 0.278. The molecular weight excluding hydrogens is 320 g/mol. The highest BCUT2D eigenvalue weighted by Crippen LogP contribution is 2.23. The van der Waals surface area contributed by atoms with Crippen molar-refractivity contribution in [1.29, 1.82) is 0 Å². The monoisotopic (exact) mass is 340 g/mol. The van der Waals surface area contributed by atoms with Crippen LogP contribution in [0.4, 0.5) is 0 Å². The fourth-order valence-electron chi connectivity index (χ4n) is 2.63. The molecule has 0 bridgehead atoms. The molecule has 1 atom stereocenters. The van der Waals surface area contributed by atoms with Gasteiger partial charge in [0.1, 0.15) is 5.82 Å². The minimum Gasteiger partial charge on any atom is -0.394 e. The van der Waals surface area contributed by atoms with Gasteiger partial charge in [-0.1, -0.05) is 12.1 Å². The van der Waals surface area contributed by atoms with E-state index in [1.54, 1.807) is 22.7 Å². The molecule has 0 aliphatic heterocycles. The van der Waals surface area contributed by atoms with Gasteiger partial charge in [0.25, 0.3) is 5.91 Å². The van der Waals surface area contributed by atoms with E-state index in [9.17, 15) is 9.90 Å². The molecule has 0 fully saturated rings. The van der Waals surface area contributed by atoms with E-state index in [0.717, 1.165) is 22.3 Å². The van der Waals surface area contributed by atoms with Crippen LogP contribution >= 0.6 is 0 Å². The lowest BCUT2D eigenvalue weighted by molar-refractivity contribution is 0.0802. The summed E-state index contributed by atoms with van der Waals surface area (Å²) in [6.07, 6.45) is 0.919. The third-order valence-corrected chi connectivity index (χ3v) is 3.89. The first-order chi connectivity index (χ1) is 12.0. The van der Waals surface area contributed by atoms with Crippen molar-refractivity contribution in [1.82, 2.24) is 19.9 Å². The molecule has 3 aromatic rings. The second kappa shape index (κ2) is 7.00. The Morgan fingerprint density at radius 2 is 2.08 bits per heavy atom. The van der Waals surface area contributed by atoms with E-state index in [0.29, 0.717) is 11.4 Å². The van der Waals surface area contributed by atoms with Crippen LogP contribution in [0.3, 0.4) is 0 Å². The number of fused-ring (bicyclic) bond motifs is 1. The van der Waals surface area contributed by atoms with Crippen LogP contribution in [0, 0.1) is 13.8 Å². The van der Waals surface area contributed by atoms with Gasteiger partial charge in [-0.3, -0.25) is 4.79 Å². The van der Waals surface area contributed by atoms with Gasteiger partial charge < -0.3 is 15.5 Å².